The van der Waals surface area contributed by atoms with Gasteiger partial charge in [0, 0.05) is 10.8 Å². The van der Waals surface area contributed by atoms with Crippen LogP contribution in [0.1, 0.15) is 21.6 Å². The van der Waals surface area contributed by atoms with E-state index in [2.05, 4.69) is 22.4 Å². The van der Waals surface area contributed by atoms with Gasteiger partial charge in [-0.1, -0.05) is 54.1 Å². The number of carboxylic acid groups (broad SMARTS) is 1. The van der Waals surface area contributed by atoms with Crippen LogP contribution in [0.15, 0.2) is 72.8 Å². The third kappa shape index (κ3) is 5.22. The largest absolute Gasteiger partial charge is 0.505 e. The molecule has 0 bridgehead atoms. The second-order valence-electron chi connectivity index (χ2n) is 7.30. The number of rotatable bonds is 7. The number of aromatic hydroxyl groups is 1. The van der Waals surface area contributed by atoms with Crippen LogP contribution < -0.4 is 10.1 Å². The highest BCUT2D eigenvalue weighted by Gasteiger charge is 2.19. The van der Waals surface area contributed by atoms with Crippen molar-refractivity contribution in [1.29, 1.82) is 0 Å². The molecule has 8 heteroatoms. The first-order valence-electron chi connectivity index (χ1n) is 10.0. The van der Waals surface area contributed by atoms with E-state index in [0.717, 1.165) is 12.0 Å². The molecular formula is C25H19ClN2O5. The monoisotopic (exact) mass is 462 g/mol. The fourth-order valence-electron chi connectivity index (χ4n) is 3.39. The van der Waals surface area contributed by atoms with Crippen LogP contribution in [-0.4, -0.2) is 33.6 Å². The molecule has 0 spiro atoms. The number of fused-ring (bicyclic) bond motifs is 1. The van der Waals surface area contributed by atoms with E-state index in [4.69, 9.17) is 21.4 Å². The van der Waals surface area contributed by atoms with Gasteiger partial charge < -0.3 is 20.3 Å². The molecule has 4 rings (SSSR count). The lowest BCUT2D eigenvalue weighted by Crippen LogP contribution is -2.30. The zero-order chi connectivity index (χ0) is 23.4. The molecule has 7 nitrogen and oxygen atoms in total. The number of hydrogen-bond acceptors (Lipinski definition) is 5. The minimum absolute atomic E-state index is 0.0217. The van der Waals surface area contributed by atoms with Crippen molar-refractivity contribution in [2.24, 2.45) is 0 Å². The summed E-state index contributed by atoms with van der Waals surface area (Å²) in [4.78, 5) is 26.8. The number of pyridine rings is 1. The summed E-state index contributed by atoms with van der Waals surface area (Å²) in [6.45, 7) is -0.605. The normalized spacial score (nSPS) is 10.7. The van der Waals surface area contributed by atoms with Crippen LogP contribution in [0.4, 0.5) is 0 Å². The average Bonchev–Trinajstić information content (AvgIpc) is 2.80. The molecule has 0 radical (unpaired) electrons. The highest BCUT2D eigenvalue weighted by Crippen LogP contribution is 2.35. The number of hydrogen-bond donors (Lipinski definition) is 3. The van der Waals surface area contributed by atoms with E-state index < -0.39 is 24.2 Å². The molecule has 0 fully saturated rings. The van der Waals surface area contributed by atoms with E-state index in [-0.39, 0.29) is 10.8 Å². The first-order valence-corrected chi connectivity index (χ1v) is 10.4. The zero-order valence-corrected chi connectivity index (χ0v) is 18.0. The summed E-state index contributed by atoms with van der Waals surface area (Å²) in [5.74, 6) is -1.33. The van der Waals surface area contributed by atoms with E-state index in [0.29, 0.717) is 22.3 Å². The predicted molar refractivity (Wildman–Crippen MR) is 124 cm³/mol. The van der Waals surface area contributed by atoms with Gasteiger partial charge in [0.15, 0.2) is 11.4 Å². The van der Waals surface area contributed by atoms with E-state index in [9.17, 15) is 14.7 Å². The topological polar surface area (TPSA) is 109 Å². The Labute approximate surface area is 194 Å². The fraction of sp³-hybridized carbons (Fsp3) is 0.0800. The van der Waals surface area contributed by atoms with Gasteiger partial charge in [-0.15, -0.1) is 0 Å². The molecule has 0 saturated heterocycles. The number of carbonyl (C=O) groups is 2. The number of benzene rings is 3. The highest BCUT2D eigenvalue weighted by atomic mass is 35.5. The van der Waals surface area contributed by atoms with Crippen molar-refractivity contribution < 1.29 is 24.5 Å². The summed E-state index contributed by atoms with van der Waals surface area (Å²) in [5, 5.41) is 22.0. The van der Waals surface area contributed by atoms with Gasteiger partial charge in [0.2, 0.25) is 0 Å². The Morgan fingerprint density at radius 3 is 2.39 bits per heavy atom. The van der Waals surface area contributed by atoms with Gasteiger partial charge in [0.1, 0.15) is 23.2 Å². The van der Waals surface area contributed by atoms with Gasteiger partial charge in [-0.2, -0.15) is 0 Å². The number of carbonyl (C=O) groups excluding carboxylic acids is 1. The van der Waals surface area contributed by atoms with Crippen molar-refractivity contribution in [2.75, 3.05) is 6.54 Å². The Balaban J connectivity index is 1.58. The predicted octanol–water partition coefficient (Wildman–Crippen LogP) is 4.79. The number of nitrogens with one attached hydrogen (secondary N) is 1. The van der Waals surface area contributed by atoms with Gasteiger partial charge in [0.05, 0.1) is 0 Å². The van der Waals surface area contributed by atoms with Gasteiger partial charge in [-0.05, 0) is 47.9 Å². The Bertz CT molecular complexity index is 1340. The lowest BCUT2D eigenvalue weighted by atomic mass is 10.1. The number of halogens is 1. The van der Waals surface area contributed by atoms with Crippen LogP contribution in [0.3, 0.4) is 0 Å². The van der Waals surface area contributed by atoms with Crippen molar-refractivity contribution in [3.05, 3.63) is 94.8 Å². The number of aromatic nitrogens is 1. The summed E-state index contributed by atoms with van der Waals surface area (Å²) in [6.07, 6.45) is 0.770. The smallest absolute Gasteiger partial charge is 0.322 e. The quantitative estimate of drug-likeness (QED) is 0.341. The molecule has 33 heavy (non-hydrogen) atoms. The van der Waals surface area contributed by atoms with Gasteiger partial charge in [-0.3, -0.25) is 9.59 Å². The maximum absolute atomic E-state index is 12.2. The van der Waals surface area contributed by atoms with E-state index in [1.165, 1.54) is 5.56 Å². The maximum Gasteiger partial charge on any atom is 0.322 e. The Morgan fingerprint density at radius 2 is 1.64 bits per heavy atom. The van der Waals surface area contributed by atoms with Crippen molar-refractivity contribution in [3.63, 3.8) is 0 Å². The fourth-order valence-corrected chi connectivity index (χ4v) is 3.63. The number of aliphatic carboxylic acids is 1. The SMILES string of the molecule is O=C(O)CNC(=O)c1nc(Cl)c2cc(Oc3cccc(Cc4ccccc4)c3)ccc2c1O. The van der Waals surface area contributed by atoms with Gasteiger partial charge >= 0.3 is 5.97 Å². The van der Waals surface area contributed by atoms with E-state index in [1.54, 1.807) is 18.2 Å². The minimum Gasteiger partial charge on any atom is -0.505 e. The third-order valence-electron chi connectivity index (χ3n) is 4.90. The summed E-state index contributed by atoms with van der Waals surface area (Å²) in [5.41, 5.74) is 1.93. The van der Waals surface area contributed by atoms with Crippen LogP contribution in [0.2, 0.25) is 5.15 Å². The Kier molecular flexibility index (Phi) is 6.42. The second-order valence-corrected chi connectivity index (χ2v) is 7.65. The molecule has 0 saturated carbocycles. The molecule has 3 N–H and O–H groups in total. The van der Waals surface area contributed by atoms with Crippen LogP contribution >= 0.6 is 11.6 Å². The molecule has 1 heterocycles. The van der Waals surface area contributed by atoms with Crippen molar-refractivity contribution in [3.8, 4) is 17.2 Å². The van der Waals surface area contributed by atoms with Crippen LogP contribution in [0, 0.1) is 0 Å². The van der Waals surface area contributed by atoms with E-state index in [1.807, 2.05) is 42.5 Å². The summed E-state index contributed by atoms with van der Waals surface area (Å²) < 4.78 is 5.99. The standard InChI is InChI=1S/C25H19ClN2O5/c26-24-20-13-18(9-10-19(20)23(31)22(28-24)25(32)27-14-21(29)30)33-17-8-4-7-16(12-17)11-15-5-2-1-3-6-15/h1-10,12-13,31H,11,14H2,(H,27,32)(H,29,30). The first kappa shape index (κ1) is 22.1. The highest BCUT2D eigenvalue weighted by molar-refractivity contribution is 6.35. The molecule has 1 amide bonds. The van der Waals surface area contributed by atoms with Crippen LogP contribution in [0.5, 0.6) is 17.2 Å². The van der Waals surface area contributed by atoms with Gasteiger partial charge in [0.25, 0.3) is 5.91 Å². The molecule has 0 aliphatic heterocycles. The van der Waals surface area contributed by atoms with Crippen molar-refractivity contribution >= 4 is 34.2 Å². The van der Waals surface area contributed by atoms with Crippen LogP contribution in [0.25, 0.3) is 10.8 Å². The van der Waals surface area contributed by atoms with Crippen molar-refractivity contribution in [2.45, 2.75) is 6.42 Å². The summed E-state index contributed by atoms with van der Waals surface area (Å²) >= 11 is 6.26. The van der Waals surface area contributed by atoms with Gasteiger partial charge in [-0.25, -0.2) is 4.98 Å². The molecule has 166 valence electrons. The second kappa shape index (κ2) is 9.58. The number of carboxylic acids is 1. The molecule has 3 aromatic carbocycles. The Hall–Kier alpha value is -4.10. The lowest BCUT2D eigenvalue weighted by Gasteiger charge is -2.12. The number of amides is 1. The van der Waals surface area contributed by atoms with Crippen LogP contribution in [-0.2, 0) is 11.2 Å². The molecule has 1 aromatic heterocycles. The molecule has 4 aromatic rings. The maximum atomic E-state index is 12.2. The van der Waals surface area contributed by atoms with E-state index >= 15 is 0 Å². The molecule has 0 unspecified atom stereocenters. The number of nitrogens with zero attached hydrogens (tertiary/aromatic N) is 1. The molecule has 0 atom stereocenters. The summed E-state index contributed by atoms with van der Waals surface area (Å²) in [6, 6.07) is 22.7. The zero-order valence-electron chi connectivity index (χ0n) is 17.3. The average molecular weight is 463 g/mol. The minimum atomic E-state index is -1.22. The third-order valence-corrected chi connectivity index (χ3v) is 5.19. The number of ether oxygens (including phenoxy) is 1. The van der Waals surface area contributed by atoms with Crippen molar-refractivity contribution in [1.82, 2.24) is 10.3 Å². The molecular weight excluding hydrogens is 444 g/mol. The lowest BCUT2D eigenvalue weighted by molar-refractivity contribution is -0.135. The first-order chi connectivity index (χ1) is 15.9. The molecule has 0 aliphatic carbocycles. The molecule has 0 aliphatic rings. The summed E-state index contributed by atoms with van der Waals surface area (Å²) in [7, 11) is 0. The Morgan fingerprint density at radius 1 is 0.909 bits per heavy atom.